The molecule has 3 aliphatic heterocycles. The lowest BCUT2D eigenvalue weighted by atomic mass is 9.70. The largest absolute Gasteiger partial charge is 0.494 e. The lowest BCUT2D eigenvalue weighted by molar-refractivity contribution is -0.138. The average molecular weight is 524 g/mol. The van der Waals surface area contributed by atoms with Crippen molar-refractivity contribution in [2.24, 2.45) is 11.8 Å². The number of fused-ring (bicyclic) bond motifs is 1. The Bertz CT molecular complexity index is 1200. The van der Waals surface area contributed by atoms with Gasteiger partial charge in [-0.15, -0.1) is 11.8 Å². The summed E-state index contributed by atoms with van der Waals surface area (Å²) in [5.41, 5.74) is 3.26. The number of anilines is 2. The summed E-state index contributed by atoms with van der Waals surface area (Å²) in [6.07, 6.45) is 1.44. The fourth-order valence-corrected chi connectivity index (χ4v) is 8.55. The summed E-state index contributed by atoms with van der Waals surface area (Å²) in [7, 11) is 0. The van der Waals surface area contributed by atoms with Crippen molar-refractivity contribution in [1.29, 1.82) is 0 Å². The maximum atomic E-state index is 13.8. The zero-order chi connectivity index (χ0) is 26.3. The van der Waals surface area contributed by atoms with Crippen molar-refractivity contribution >= 4 is 40.9 Å². The Labute approximate surface area is 221 Å². The molecule has 0 aromatic heterocycles. The maximum Gasteiger partial charge on any atom is 0.248 e. The molecule has 8 nitrogen and oxygen atoms in total. The van der Waals surface area contributed by atoms with E-state index in [0.717, 1.165) is 29.0 Å². The van der Waals surface area contributed by atoms with E-state index in [-0.39, 0.29) is 36.1 Å². The monoisotopic (exact) mass is 523 g/mol. The first kappa shape index (κ1) is 25.6. The number of hydrogen-bond acceptors (Lipinski definition) is 6. The van der Waals surface area contributed by atoms with Crippen molar-refractivity contribution in [2.75, 3.05) is 30.4 Å². The van der Waals surface area contributed by atoms with Gasteiger partial charge < -0.3 is 25.4 Å². The van der Waals surface area contributed by atoms with Crippen LogP contribution in [-0.2, 0) is 14.4 Å². The fraction of sp³-hybridized carbons (Fsp3) is 0.464. The van der Waals surface area contributed by atoms with Crippen LogP contribution in [0.25, 0.3) is 0 Å². The minimum Gasteiger partial charge on any atom is -0.494 e. The number of para-hydroxylation sites is 1. The Kier molecular flexibility index (Phi) is 6.93. The molecule has 3 fully saturated rings. The van der Waals surface area contributed by atoms with Crippen LogP contribution >= 0.6 is 11.8 Å². The van der Waals surface area contributed by atoms with Gasteiger partial charge in [0, 0.05) is 23.2 Å². The lowest BCUT2D eigenvalue weighted by Gasteiger charge is -2.34. The highest BCUT2D eigenvalue weighted by molar-refractivity contribution is 8.02. The summed E-state index contributed by atoms with van der Waals surface area (Å²) >= 11 is 1.61. The molecule has 0 radical (unpaired) electrons. The first-order valence-corrected chi connectivity index (χ1v) is 13.7. The molecular formula is C28H33N3O5S. The third-order valence-corrected chi connectivity index (χ3v) is 9.81. The number of thioether (sulfide) groups is 1. The van der Waals surface area contributed by atoms with Gasteiger partial charge in [-0.05, 0) is 69.0 Å². The van der Waals surface area contributed by atoms with Crippen molar-refractivity contribution in [3.8, 4) is 5.75 Å². The molecule has 5 rings (SSSR count). The molecule has 3 amide bonds. The minimum atomic E-state index is -0.755. The third-order valence-electron chi connectivity index (χ3n) is 7.85. The molecule has 0 saturated carbocycles. The van der Waals surface area contributed by atoms with Crippen molar-refractivity contribution in [1.82, 2.24) is 4.90 Å². The van der Waals surface area contributed by atoms with Gasteiger partial charge in [-0.3, -0.25) is 14.4 Å². The summed E-state index contributed by atoms with van der Waals surface area (Å²) < 4.78 is 4.78. The van der Waals surface area contributed by atoms with Gasteiger partial charge in [0.25, 0.3) is 0 Å². The summed E-state index contributed by atoms with van der Waals surface area (Å²) in [5, 5.41) is 15.8. The summed E-state index contributed by atoms with van der Waals surface area (Å²) in [6, 6.07) is 12.2. The predicted octanol–water partition coefficient (Wildman–Crippen LogP) is 3.36. The van der Waals surface area contributed by atoms with Gasteiger partial charge in [0.15, 0.2) is 0 Å². The number of aliphatic hydroxyl groups excluding tert-OH is 1. The van der Waals surface area contributed by atoms with Crippen LogP contribution < -0.4 is 15.4 Å². The highest BCUT2D eigenvalue weighted by Gasteiger charge is 2.73. The number of carbonyl (C=O) groups is 3. The second-order valence-electron chi connectivity index (χ2n) is 10.0. The molecule has 9 heteroatoms. The number of likely N-dealkylation sites (tertiary alicyclic amines) is 1. The van der Waals surface area contributed by atoms with E-state index < -0.39 is 22.6 Å². The van der Waals surface area contributed by atoms with Gasteiger partial charge in [0.1, 0.15) is 11.8 Å². The molecule has 3 N–H and O–H groups in total. The van der Waals surface area contributed by atoms with E-state index >= 15 is 0 Å². The normalized spacial score (nSPS) is 27.8. The Morgan fingerprint density at radius 1 is 1.11 bits per heavy atom. The molecular weight excluding hydrogens is 490 g/mol. The smallest absolute Gasteiger partial charge is 0.248 e. The number of rotatable bonds is 8. The predicted molar refractivity (Wildman–Crippen MR) is 144 cm³/mol. The quantitative estimate of drug-likeness (QED) is 0.490. The second kappa shape index (κ2) is 10.0. The number of nitrogens with one attached hydrogen (secondary N) is 2. The average Bonchev–Trinajstić information content (AvgIpc) is 3.51. The number of amides is 3. The second-order valence-corrected chi connectivity index (χ2v) is 11.6. The van der Waals surface area contributed by atoms with E-state index in [4.69, 9.17) is 4.74 Å². The molecule has 0 aliphatic carbocycles. The number of ether oxygens (including phenoxy) is 1. The molecule has 2 aromatic carbocycles. The number of aryl methyl sites for hydroxylation is 2. The number of nitrogens with zero attached hydrogens (tertiary/aromatic N) is 1. The molecule has 2 aromatic rings. The molecule has 1 spiro atoms. The van der Waals surface area contributed by atoms with Gasteiger partial charge >= 0.3 is 0 Å². The lowest BCUT2D eigenvalue weighted by Crippen LogP contribution is -2.52. The number of hydrogen-bond donors (Lipinski definition) is 3. The van der Waals surface area contributed by atoms with Crippen molar-refractivity contribution < 1.29 is 24.2 Å². The Morgan fingerprint density at radius 2 is 1.81 bits per heavy atom. The van der Waals surface area contributed by atoms with Crippen LogP contribution in [0.3, 0.4) is 0 Å². The molecule has 37 heavy (non-hydrogen) atoms. The van der Waals surface area contributed by atoms with Gasteiger partial charge in [-0.25, -0.2) is 0 Å². The van der Waals surface area contributed by atoms with Gasteiger partial charge in [0.2, 0.25) is 17.7 Å². The first-order valence-electron chi connectivity index (χ1n) is 12.8. The summed E-state index contributed by atoms with van der Waals surface area (Å²) in [5.74, 6) is -1.13. The molecule has 2 bridgehead atoms. The van der Waals surface area contributed by atoms with Crippen LogP contribution in [0.1, 0.15) is 30.9 Å². The number of aliphatic hydroxyl groups is 1. The van der Waals surface area contributed by atoms with Crippen molar-refractivity contribution in [2.45, 2.75) is 49.7 Å². The van der Waals surface area contributed by atoms with E-state index in [1.54, 1.807) is 36.0 Å². The van der Waals surface area contributed by atoms with Crippen LogP contribution in [0.15, 0.2) is 42.5 Å². The number of β-amino-alcohol motifs (C(OH)–C–C–N with tert-alkyl or cyclic N) is 1. The van der Waals surface area contributed by atoms with Gasteiger partial charge in [0.05, 0.1) is 29.8 Å². The van der Waals surface area contributed by atoms with Crippen LogP contribution in [0, 0.1) is 25.7 Å². The third kappa shape index (κ3) is 4.28. The van der Waals surface area contributed by atoms with Crippen LogP contribution in [0.4, 0.5) is 11.4 Å². The Morgan fingerprint density at radius 3 is 2.46 bits per heavy atom. The van der Waals surface area contributed by atoms with E-state index in [9.17, 15) is 19.5 Å². The standard InChI is InChI=1S/C28H33N3O5S/c1-4-36-19-10-8-18(9-11-19)29-25(33)21-20-12-13-28(37-20)22(21)27(35)31(14-15-32)24(28)26(34)30-23-16(2)6-5-7-17(23)3/h5-11,20-22,24,32H,4,12-15H2,1-3H3,(H,29,33)(H,30,34)/t20-,21+,22+,24?,28?/m1/s1. The minimum absolute atomic E-state index is 0.0385. The zero-order valence-corrected chi connectivity index (χ0v) is 22.1. The zero-order valence-electron chi connectivity index (χ0n) is 21.3. The topological polar surface area (TPSA) is 108 Å². The highest BCUT2D eigenvalue weighted by atomic mass is 32.2. The van der Waals surface area contributed by atoms with Gasteiger partial charge in [-0.2, -0.15) is 0 Å². The molecule has 196 valence electrons. The summed E-state index contributed by atoms with van der Waals surface area (Å²) in [6.45, 7) is 6.14. The molecule has 5 atom stereocenters. The van der Waals surface area contributed by atoms with Crippen LogP contribution in [0.2, 0.25) is 0 Å². The fourth-order valence-electron chi connectivity index (χ4n) is 6.33. The van der Waals surface area contributed by atoms with Crippen molar-refractivity contribution in [3.05, 3.63) is 53.6 Å². The molecule has 3 aliphatic rings. The maximum absolute atomic E-state index is 13.8. The molecule has 3 saturated heterocycles. The molecule has 3 heterocycles. The Balaban J connectivity index is 1.42. The van der Waals surface area contributed by atoms with Crippen molar-refractivity contribution in [3.63, 3.8) is 0 Å². The van der Waals surface area contributed by atoms with Gasteiger partial charge in [-0.1, -0.05) is 18.2 Å². The Hall–Kier alpha value is -3.04. The number of carbonyl (C=O) groups excluding carboxylic acids is 3. The van der Waals surface area contributed by atoms with Crippen LogP contribution in [0.5, 0.6) is 5.75 Å². The first-order chi connectivity index (χ1) is 17.8. The van der Waals surface area contributed by atoms with Crippen LogP contribution in [-0.4, -0.2) is 63.5 Å². The summed E-state index contributed by atoms with van der Waals surface area (Å²) in [4.78, 5) is 42.6. The number of benzene rings is 2. The van der Waals surface area contributed by atoms with E-state index in [0.29, 0.717) is 18.7 Å². The molecule has 2 unspecified atom stereocenters. The SMILES string of the molecule is CCOc1ccc(NC(=O)[C@@H]2[C@H]3C(=O)N(CCO)C(C(=O)Nc4c(C)cccc4C)C34CC[C@H]2S4)cc1. The van der Waals surface area contributed by atoms with E-state index in [1.165, 1.54) is 4.90 Å². The highest BCUT2D eigenvalue weighted by Crippen LogP contribution is 2.66. The van der Waals surface area contributed by atoms with E-state index in [1.807, 2.05) is 39.0 Å². The van der Waals surface area contributed by atoms with E-state index in [2.05, 4.69) is 10.6 Å².